The van der Waals surface area contributed by atoms with Crippen LogP contribution >= 0.6 is 0 Å². The van der Waals surface area contributed by atoms with Crippen molar-refractivity contribution in [3.05, 3.63) is 35.9 Å². The molecule has 3 rings (SSSR count). The van der Waals surface area contributed by atoms with E-state index >= 15 is 0 Å². The molecule has 1 aromatic carbocycles. The summed E-state index contributed by atoms with van der Waals surface area (Å²) in [6, 6.07) is 9.74. The highest BCUT2D eigenvalue weighted by atomic mass is 32.2. The molecule has 2 saturated heterocycles. The van der Waals surface area contributed by atoms with E-state index in [-0.39, 0.29) is 24.4 Å². The minimum absolute atomic E-state index is 0.0536. The molecule has 2 fully saturated rings. The number of carbonyl (C=O) groups excluding carboxylic acids is 1. The second-order valence-electron chi connectivity index (χ2n) is 7.66. The zero-order chi connectivity index (χ0) is 19.3. The lowest BCUT2D eigenvalue weighted by Gasteiger charge is -2.35. The number of nitrogens with zero attached hydrogens (tertiary/aromatic N) is 2. The maximum atomic E-state index is 13.0. The molecule has 2 aliphatic rings. The average molecular weight is 394 g/mol. The van der Waals surface area contributed by atoms with E-state index in [1.165, 1.54) is 4.31 Å². The molecule has 150 valence electrons. The number of rotatable bonds is 5. The smallest absolute Gasteiger partial charge is 0.281 e. The summed E-state index contributed by atoms with van der Waals surface area (Å²) >= 11 is 0. The predicted octanol–water partition coefficient (Wildman–Crippen LogP) is 2.70. The Morgan fingerprint density at radius 3 is 2.30 bits per heavy atom. The van der Waals surface area contributed by atoms with Crippen molar-refractivity contribution in [1.29, 1.82) is 0 Å². The van der Waals surface area contributed by atoms with Gasteiger partial charge in [0.05, 0.1) is 12.0 Å². The summed E-state index contributed by atoms with van der Waals surface area (Å²) < 4.78 is 29.2. The SMILES string of the molecule is CC(NC(=O)C1CCCN(S(=O)(=O)N2CCCCCC2)C1)c1ccccc1. The molecule has 0 bridgehead atoms. The van der Waals surface area contributed by atoms with Gasteiger partial charge in [0.15, 0.2) is 0 Å². The van der Waals surface area contributed by atoms with Gasteiger partial charge in [0, 0.05) is 26.2 Å². The third-order valence-electron chi connectivity index (χ3n) is 5.63. The molecule has 0 spiro atoms. The first-order chi connectivity index (χ1) is 13.0. The zero-order valence-electron chi connectivity index (χ0n) is 16.1. The monoisotopic (exact) mass is 393 g/mol. The summed E-state index contributed by atoms with van der Waals surface area (Å²) in [6.45, 7) is 3.95. The van der Waals surface area contributed by atoms with Crippen molar-refractivity contribution in [3.63, 3.8) is 0 Å². The van der Waals surface area contributed by atoms with E-state index in [4.69, 9.17) is 0 Å². The average Bonchev–Trinajstić information content (AvgIpc) is 2.99. The van der Waals surface area contributed by atoms with Gasteiger partial charge in [-0.05, 0) is 38.2 Å². The Kier molecular flexibility index (Phi) is 6.89. The van der Waals surface area contributed by atoms with E-state index in [1.54, 1.807) is 4.31 Å². The van der Waals surface area contributed by atoms with Gasteiger partial charge in [-0.25, -0.2) is 0 Å². The molecule has 0 aliphatic carbocycles. The van der Waals surface area contributed by atoms with E-state index in [2.05, 4.69) is 5.32 Å². The van der Waals surface area contributed by atoms with Crippen LogP contribution in [0, 0.1) is 5.92 Å². The van der Waals surface area contributed by atoms with Crippen molar-refractivity contribution in [2.45, 2.75) is 51.5 Å². The molecular formula is C20H31N3O3S. The van der Waals surface area contributed by atoms with Crippen LogP contribution < -0.4 is 5.32 Å². The fraction of sp³-hybridized carbons (Fsp3) is 0.650. The summed E-state index contributed by atoms with van der Waals surface area (Å²) in [7, 11) is -3.47. The Morgan fingerprint density at radius 1 is 1.00 bits per heavy atom. The second-order valence-corrected chi connectivity index (χ2v) is 9.59. The summed E-state index contributed by atoms with van der Waals surface area (Å²) in [5.74, 6) is -0.339. The first kappa shape index (κ1) is 20.3. The van der Waals surface area contributed by atoms with Crippen molar-refractivity contribution in [2.75, 3.05) is 26.2 Å². The van der Waals surface area contributed by atoms with Crippen LogP contribution in [0.15, 0.2) is 30.3 Å². The fourth-order valence-electron chi connectivity index (χ4n) is 3.96. The molecule has 0 saturated carbocycles. The van der Waals surface area contributed by atoms with Gasteiger partial charge in [-0.15, -0.1) is 0 Å². The van der Waals surface area contributed by atoms with Crippen LogP contribution in [0.4, 0.5) is 0 Å². The topological polar surface area (TPSA) is 69.7 Å². The van der Waals surface area contributed by atoms with E-state index < -0.39 is 10.2 Å². The minimum atomic E-state index is -3.47. The molecule has 2 heterocycles. The first-order valence-corrected chi connectivity index (χ1v) is 11.5. The van der Waals surface area contributed by atoms with Crippen LogP contribution in [0.2, 0.25) is 0 Å². The first-order valence-electron chi connectivity index (χ1n) is 10.1. The van der Waals surface area contributed by atoms with Crippen LogP contribution in [-0.2, 0) is 15.0 Å². The number of benzene rings is 1. The second kappa shape index (κ2) is 9.17. The van der Waals surface area contributed by atoms with Gasteiger partial charge < -0.3 is 5.32 Å². The molecule has 2 atom stereocenters. The number of piperidine rings is 1. The summed E-state index contributed by atoms with van der Waals surface area (Å²) in [5.41, 5.74) is 1.05. The van der Waals surface area contributed by atoms with Gasteiger partial charge >= 0.3 is 0 Å². The lowest BCUT2D eigenvalue weighted by molar-refractivity contribution is -0.126. The molecule has 1 amide bonds. The van der Waals surface area contributed by atoms with Crippen molar-refractivity contribution in [2.24, 2.45) is 5.92 Å². The summed E-state index contributed by atoms with van der Waals surface area (Å²) in [5, 5.41) is 3.05. The molecule has 7 heteroatoms. The van der Waals surface area contributed by atoms with Gasteiger partial charge in [0.2, 0.25) is 5.91 Å². The van der Waals surface area contributed by atoms with E-state index in [0.29, 0.717) is 19.6 Å². The zero-order valence-corrected chi connectivity index (χ0v) is 17.0. The molecule has 2 aliphatic heterocycles. The van der Waals surface area contributed by atoms with Crippen molar-refractivity contribution in [1.82, 2.24) is 13.9 Å². The van der Waals surface area contributed by atoms with Crippen LogP contribution in [0.1, 0.15) is 57.1 Å². The maximum absolute atomic E-state index is 13.0. The normalized spacial score (nSPS) is 24.1. The molecule has 2 unspecified atom stereocenters. The highest BCUT2D eigenvalue weighted by Gasteiger charge is 2.36. The number of carbonyl (C=O) groups is 1. The maximum Gasteiger partial charge on any atom is 0.281 e. The number of hydrogen-bond acceptors (Lipinski definition) is 3. The molecular weight excluding hydrogens is 362 g/mol. The third kappa shape index (κ3) is 5.09. The van der Waals surface area contributed by atoms with Crippen LogP contribution in [0.25, 0.3) is 0 Å². The summed E-state index contributed by atoms with van der Waals surface area (Å²) in [4.78, 5) is 12.7. The Bertz CT molecular complexity index is 715. The molecule has 6 nitrogen and oxygen atoms in total. The lowest BCUT2D eigenvalue weighted by Crippen LogP contribution is -2.50. The number of amides is 1. The van der Waals surface area contributed by atoms with Crippen molar-refractivity contribution in [3.8, 4) is 0 Å². The highest BCUT2D eigenvalue weighted by Crippen LogP contribution is 2.24. The van der Waals surface area contributed by atoms with Crippen LogP contribution in [0.5, 0.6) is 0 Å². The van der Waals surface area contributed by atoms with Gasteiger partial charge in [-0.1, -0.05) is 43.2 Å². The number of nitrogens with one attached hydrogen (secondary N) is 1. The van der Waals surface area contributed by atoms with Gasteiger partial charge in [-0.3, -0.25) is 4.79 Å². The molecule has 1 N–H and O–H groups in total. The Morgan fingerprint density at radius 2 is 1.63 bits per heavy atom. The van der Waals surface area contributed by atoms with E-state index in [9.17, 15) is 13.2 Å². The largest absolute Gasteiger partial charge is 0.349 e. The molecule has 1 aromatic rings. The Labute approximate surface area is 163 Å². The highest BCUT2D eigenvalue weighted by molar-refractivity contribution is 7.86. The van der Waals surface area contributed by atoms with E-state index in [1.807, 2.05) is 37.3 Å². The fourth-order valence-corrected chi connectivity index (χ4v) is 5.73. The molecule has 27 heavy (non-hydrogen) atoms. The minimum Gasteiger partial charge on any atom is -0.349 e. The molecule has 0 radical (unpaired) electrons. The lowest BCUT2D eigenvalue weighted by atomic mass is 9.98. The van der Waals surface area contributed by atoms with Gasteiger partial charge in [-0.2, -0.15) is 17.0 Å². The van der Waals surface area contributed by atoms with Crippen molar-refractivity contribution >= 4 is 16.1 Å². The Balaban J connectivity index is 1.62. The van der Waals surface area contributed by atoms with Crippen LogP contribution in [0.3, 0.4) is 0 Å². The van der Waals surface area contributed by atoms with E-state index in [0.717, 1.165) is 44.1 Å². The van der Waals surface area contributed by atoms with Crippen LogP contribution in [-0.4, -0.2) is 49.1 Å². The quantitative estimate of drug-likeness (QED) is 0.836. The third-order valence-corrected chi connectivity index (χ3v) is 7.63. The van der Waals surface area contributed by atoms with Gasteiger partial charge in [0.25, 0.3) is 10.2 Å². The molecule has 0 aromatic heterocycles. The van der Waals surface area contributed by atoms with Gasteiger partial charge in [0.1, 0.15) is 0 Å². The Hall–Kier alpha value is -1.44. The van der Waals surface area contributed by atoms with Crippen molar-refractivity contribution < 1.29 is 13.2 Å². The predicted molar refractivity (Wildman–Crippen MR) is 106 cm³/mol. The number of hydrogen-bond donors (Lipinski definition) is 1. The standard InChI is InChI=1S/C20H31N3O3S/c1-17(18-10-5-4-6-11-18)21-20(24)19-12-9-15-23(16-19)27(25,26)22-13-7-2-3-8-14-22/h4-6,10-11,17,19H,2-3,7-9,12-16H2,1H3,(H,21,24). The summed E-state index contributed by atoms with van der Waals surface area (Å²) in [6.07, 6.45) is 5.49.